The minimum atomic E-state index is -0.0195. The standard InChI is InChI=1S/C28H34NOP/c1-7-28(5,31-26-14-13-20(2)16-24(26)18-29-6)25-17-21(3)15-22(4)27(25)30-19-23-11-9-8-10-12-23/h8-18,31H,7,19H2,1-6H3/b29-18+. The van der Waals surface area contributed by atoms with Crippen molar-refractivity contribution in [3.05, 3.63) is 94.0 Å². The molecule has 0 aromatic heterocycles. The van der Waals surface area contributed by atoms with Crippen LogP contribution < -0.4 is 10.0 Å². The van der Waals surface area contributed by atoms with Crippen LogP contribution >= 0.6 is 8.58 Å². The predicted molar refractivity (Wildman–Crippen MR) is 137 cm³/mol. The molecule has 0 bridgehead atoms. The van der Waals surface area contributed by atoms with Gasteiger partial charge in [-0.25, -0.2) is 0 Å². The molecule has 2 nitrogen and oxygen atoms in total. The lowest BCUT2D eigenvalue weighted by atomic mass is 9.92. The van der Waals surface area contributed by atoms with E-state index in [4.69, 9.17) is 4.74 Å². The predicted octanol–water partition coefficient (Wildman–Crippen LogP) is 6.87. The van der Waals surface area contributed by atoms with Crippen LogP contribution in [0.3, 0.4) is 0 Å². The summed E-state index contributed by atoms with van der Waals surface area (Å²) in [4.78, 5) is 4.30. The summed E-state index contributed by atoms with van der Waals surface area (Å²) in [5, 5.41) is 1.34. The van der Waals surface area contributed by atoms with Gasteiger partial charge >= 0.3 is 0 Å². The van der Waals surface area contributed by atoms with Crippen LogP contribution in [0.25, 0.3) is 0 Å². The van der Waals surface area contributed by atoms with Gasteiger partial charge in [-0.1, -0.05) is 88.2 Å². The second kappa shape index (κ2) is 10.2. The van der Waals surface area contributed by atoms with Crippen LogP contribution in [0, 0.1) is 20.8 Å². The Hall–Kier alpha value is -2.44. The first-order valence-electron chi connectivity index (χ1n) is 11.0. The minimum Gasteiger partial charge on any atom is -0.488 e. The van der Waals surface area contributed by atoms with Crippen LogP contribution in [-0.2, 0) is 11.8 Å². The van der Waals surface area contributed by atoms with Gasteiger partial charge in [0.05, 0.1) is 0 Å². The van der Waals surface area contributed by atoms with E-state index in [-0.39, 0.29) is 5.16 Å². The molecule has 0 amide bonds. The number of aryl methyl sites for hydroxylation is 3. The van der Waals surface area contributed by atoms with Crippen molar-refractivity contribution in [3.8, 4) is 5.75 Å². The van der Waals surface area contributed by atoms with Gasteiger partial charge in [0.15, 0.2) is 0 Å². The molecule has 31 heavy (non-hydrogen) atoms. The fourth-order valence-corrected chi connectivity index (χ4v) is 5.51. The van der Waals surface area contributed by atoms with Gasteiger partial charge in [0.25, 0.3) is 0 Å². The van der Waals surface area contributed by atoms with Gasteiger partial charge in [0, 0.05) is 24.0 Å². The molecule has 0 N–H and O–H groups in total. The van der Waals surface area contributed by atoms with Crippen LogP contribution in [0.15, 0.2) is 65.7 Å². The molecular weight excluding hydrogens is 397 g/mol. The molecule has 3 aromatic carbocycles. The Balaban J connectivity index is 2.02. The van der Waals surface area contributed by atoms with Crippen LogP contribution in [0.5, 0.6) is 5.75 Å². The molecule has 2 atom stereocenters. The number of nitrogens with zero attached hydrogens (tertiary/aromatic N) is 1. The van der Waals surface area contributed by atoms with E-state index >= 15 is 0 Å². The number of rotatable bonds is 8. The summed E-state index contributed by atoms with van der Waals surface area (Å²) in [6.45, 7) is 11.7. The highest BCUT2D eigenvalue weighted by molar-refractivity contribution is 7.48. The van der Waals surface area contributed by atoms with Crippen LogP contribution in [0.1, 0.15) is 53.6 Å². The van der Waals surface area contributed by atoms with Crippen molar-refractivity contribution >= 4 is 20.1 Å². The average molecular weight is 432 g/mol. The Morgan fingerprint density at radius 2 is 1.71 bits per heavy atom. The zero-order valence-corrected chi connectivity index (χ0v) is 20.6. The molecule has 0 heterocycles. The number of benzene rings is 3. The van der Waals surface area contributed by atoms with E-state index in [1.54, 1.807) is 0 Å². The Morgan fingerprint density at radius 3 is 2.39 bits per heavy atom. The third-order valence-corrected chi connectivity index (χ3v) is 7.73. The first-order valence-corrected chi connectivity index (χ1v) is 12.0. The largest absolute Gasteiger partial charge is 0.488 e. The second-order valence-corrected chi connectivity index (χ2v) is 10.4. The average Bonchev–Trinajstić information content (AvgIpc) is 2.75. The monoisotopic (exact) mass is 431 g/mol. The Labute approximate surface area is 189 Å². The van der Waals surface area contributed by atoms with Crippen molar-refractivity contribution in [2.45, 2.75) is 52.8 Å². The van der Waals surface area contributed by atoms with E-state index in [0.29, 0.717) is 15.2 Å². The van der Waals surface area contributed by atoms with E-state index in [1.165, 1.54) is 38.7 Å². The van der Waals surface area contributed by atoms with Gasteiger partial charge in [-0.3, -0.25) is 4.99 Å². The molecule has 0 saturated heterocycles. The molecule has 0 spiro atoms. The molecule has 0 saturated carbocycles. The van der Waals surface area contributed by atoms with Crippen molar-refractivity contribution in [2.75, 3.05) is 7.05 Å². The van der Waals surface area contributed by atoms with Gasteiger partial charge in [-0.2, -0.15) is 0 Å². The van der Waals surface area contributed by atoms with Gasteiger partial charge in [-0.15, -0.1) is 0 Å². The Bertz CT molecular complexity index is 1060. The molecule has 162 valence electrons. The topological polar surface area (TPSA) is 21.6 Å². The van der Waals surface area contributed by atoms with Gasteiger partial charge in [0.2, 0.25) is 0 Å². The molecule has 0 radical (unpaired) electrons. The minimum absolute atomic E-state index is 0.0195. The second-order valence-electron chi connectivity index (χ2n) is 8.52. The summed E-state index contributed by atoms with van der Waals surface area (Å²) >= 11 is 0. The summed E-state index contributed by atoms with van der Waals surface area (Å²) in [5.74, 6) is 1.03. The lowest BCUT2D eigenvalue weighted by Gasteiger charge is -2.33. The number of ether oxygens (including phenoxy) is 1. The highest BCUT2D eigenvalue weighted by Gasteiger charge is 2.30. The molecule has 3 aromatic rings. The van der Waals surface area contributed by atoms with E-state index in [9.17, 15) is 0 Å². The summed E-state index contributed by atoms with van der Waals surface area (Å²) < 4.78 is 6.47. The third-order valence-electron chi connectivity index (χ3n) is 5.83. The van der Waals surface area contributed by atoms with Crippen molar-refractivity contribution in [3.63, 3.8) is 0 Å². The Kier molecular flexibility index (Phi) is 7.68. The number of hydrogen-bond acceptors (Lipinski definition) is 2. The number of hydrogen-bond donors (Lipinski definition) is 0. The van der Waals surface area contributed by atoms with Crippen LogP contribution in [-0.4, -0.2) is 13.3 Å². The molecule has 2 unspecified atom stereocenters. The lowest BCUT2D eigenvalue weighted by molar-refractivity contribution is 0.297. The number of aliphatic imine (C=N–C) groups is 1. The molecule has 3 heteroatoms. The van der Waals surface area contributed by atoms with E-state index in [2.05, 4.69) is 94.2 Å². The van der Waals surface area contributed by atoms with Gasteiger partial charge in [0.1, 0.15) is 12.4 Å². The fourth-order valence-electron chi connectivity index (χ4n) is 3.97. The Morgan fingerprint density at radius 1 is 0.968 bits per heavy atom. The van der Waals surface area contributed by atoms with Crippen LogP contribution in [0.4, 0.5) is 0 Å². The van der Waals surface area contributed by atoms with Crippen LogP contribution in [0.2, 0.25) is 0 Å². The van der Waals surface area contributed by atoms with E-state index in [1.807, 2.05) is 19.3 Å². The molecule has 3 rings (SSSR count). The molecular formula is C28H34NOP. The van der Waals surface area contributed by atoms with Gasteiger partial charge in [-0.05, 0) is 55.3 Å². The summed E-state index contributed by atoms with van der Waals surface area (Å²) in [6.07, 6.45) is 3.02. The zero-order chi connectivity index (χ0) is 22.4. The third kappa shape index (κ3) is 5.63. The quantitative estimate of drug-likeness (QED) is 0.282. The molecule has 0 fully saturated rings. The van der Waals surface area contributed by atoms with E-state index in [0.717, 1.165) is 12.2 Å². The van der Waals surface area contributed by atoms with Gasteiger partial charge < -0.3 is 4.74 Å². The first-order chi connectivity index (χ1) is 14.9. The SMILES string of the molecule is CCC(C)(Pc1ccc(C)cc1/C=N/C)c1cc(C)cc(C)c1OCc1ccccc1. The fraction of sp³-hybridized carbons (Fsp3) is 0.321. The van der Waals surface area contributed by atoms with Crippen molar-refractivity contribution in [1.29, 1.82) is 0 Å². The summed E-state index contributed by atoms with van der Waals surface area (Å²) in [5.41, 5.74) is 7.46. The molecule has 0 aliphatic rings. The summed E-state index contributed by atoms with van der Waals surface area (Å²) in [7, 11) is 2.46. The van der Waals surface area contributed by atoms with Crippen molar-refractivity contribution in [2.24, 2.45) is 4.99 Å². The first kappa shape index (κ1) is 23.2. The summed E-state index contributed by atoms with van der Waals surface area (Å²) in [6, 6.07) is 21.7. The van der Waals surface area contributed by atoms with Crippen molar-refractivity contribution < 1.29 is 4.74 Å². The molecule has 0 aliphatic carbocycles. The highest BCUT2D eigenvalue weighted by Crippen LogP contribution is 2.49. The highest BCUT2D eigenvalue weighted by atomic mass is 31.1. The van der Waals surface area contributed by atoms with Crippen molar-refractivity contribution in [1.82, 2.24) is 0 Å². The maximum atomic E-state index is 6.47. The normalized spacial score (nSPS) is 13.7. The smallest absolute Gasteiger partial charge is 0.126 e. The lowest BCUT2D eigenvalue weighted by Crippen LogP contribution is -2.22. The van der Waals surface area contributed by atoms with E-state index < -0.39 is 0 Å². The maximum Gasteiger partial charge on any atom is 0.126 e. The maximum absolute atomic E-state index is 6.47. The molecule has 0 aliphatic heterocycles. The zero-order valence-electron chi connectivity index (χ0n) is 19.6.